The van der Waals surface area contributed by atoms with Gasteiger partial charge in [0.2, 0.25) is 10.0 Å². The van der Waals surface area contributed by atoms with E-state index < -0.39 is 10.0 Å². The van der Waals surface area contributed by atoms with Gasteiger partial charge in [0, 0.05) is 18.4 Å². The molecule has 0 spiro atoms. The maximum Gasteiger partial charge on any atom is 0.305 e. The van der Waals surface area contributed by atoms with Gasteiger partial charge in [0.25, 0.3) is 0 Å². The van der Waals surface area contributed by atoms with Gasteiger partial charge < -0.3 is 9.47 Å². The van der Waals surface area contributed by atoms with Crippen LogP contribution in [0.4, 0.5) is 0 Å². The summed E-state index contributed by atoms with van der Waals surface area (Å²) in [4.78, 5) is 11.6. The Hall–Kier alpha value is -3.26. The van der Waals surface area contributed by atoms with Gasteiger partial charge in [0.1, 0.15) is 0 Å². The number of sulfonamides is 1. The zero-order valence-electron chi connectivity index (χ0n) is 22.4. The third kappa shape index (κ3) is 8.36. The molecule has 3 aromatic carbocycles. The standard InChI is InChI=1S/C32H37NO5S/c1-37-32(34)17-11-3-2-10-16-29-30(33-39(35,36)28-14-8-5-9-15-28)22-23-31(29)38-24-25-18-20-27(21-19-25)26-12-6-4-7-13-26/h2,4-10,12-15,18-21,29-31,33H,3,11,16-17,22-24H2,1H3/b10-2-/t29-,30+,31+/m1/s1. The summed E-state index contributed by atoms with van der Waals surface area (Å²) < 4.78 is 40.2. The van der Waals surface area contributed by atoms with Crippen molar-refractivity contribution in [2.75, 3.05) is 7.11 Å². The van der Waals surface area contributed by atoms with Crippen LogP contribution in [-0.4, -0.2) is 33.6 Å². The van der Waals surface area contributed by atoms with Crippen LogP contribution in [0.2, 0.25) is 0 Å². The molecule has 0 heterocycles. The van der Waals surface area contributed by atoms with Gasteiger partial charge in [-0.1, -0.05) is 84.9 Å². The number of nitrogens with one attached hydrogen (secondary N) is 1. The number of methoxy groups -OCH3 is 1. The summed E-state index contributed by atoms with van der Waals surface area (Å²) in [6.07, 6.45) is 8.14. The fourth-order valence-electron chi connectivity index (χ4n) is 5.03. The minimum atomic E-state index is -3.63. The Morgan fingerprint density at radius 3 is 2.26 bits per heavy atom. The molecule has 1 aliphatic rings. The Balaban J connectivity index is 1.39. The van der Waals surface area contributed by atoms with Crippen molar-refractivity contribution in [2.24, 2.45) is 5.92 Å². The van der Waals surface area contributed by atoms with Gasteiger partial charge in [0.05, 0.1) is 24.7 Å². The van der Waals surface area contributed by atoms with Crippen molar-refractivity contribution in [3.8, 4) is 11.1 Å². The Morgan fingerprint density at radius 2 is 1.56 bits per heavy atom. The number of carbonyl (C=O) groups is 1. The Bertz CT molecular complexity index is 1310. The van der Waals surface area contributed by atoms with Gasteiger partial charge in [-0.15, -0.1) is 0 Å². The number of esters is 1. The molecule has 0 unspecified atom stereocenters. The SMILES string of the molecule is COC(=O)CCC/C=C\C[C@@H]1[C@@H](NS(=O)(=O)c2ccccc2)CC[C@@H]1OCc1ccc(-c2ccccc2)cc1. The van der Waals surface area contributed by atoms with Crippen LogP contribution in [0, 0.1) is 5.92 Å². The molecule has 0 aromatic heterocycles. The van der Waals surface area contributed by atoms with Crippen molar-refractivity contribution in [1.82, 2.24) is 4.72 Å². The van der Waals surface area contributed by atoms with E-state index >= 15 is 0 Å². The van der Waals surface area contributed by atoms with E-state index in [0.29, 0.717) is 25.9 Å². The lowest BCUT2D eigenvalue weighted by Crippen LogP contribution is -2.39. The van der Waals surface area contributed by atoms with E-state index in [0.717, 1.165) is 30.4 Å². The molecule has 1 saturated carbocycles. The molecule has 6 nitrogen and oxygen atoms in total. The summed E-state index contributed by atoms with van der Waals surface area (Å²) in [5.41, 5.74) is 3.42. The third-order valence-corrected chi connectivity index (χ3v) is 8.70. The maximum absolute atomic E-state index is 13.1. The second kappa shape index (κ2) is 14.2. The zero-order valence-corrected chi connectivity index (χ0v) is 23.2. The molecule has 0 radical (unpaired) electrons. The van der Waals surface area contributed by atoms with Crippen LogP contribution in [0.25, 0.3) is 11.1 Å². The van der Waals surface area contributed by atoms with Crippen molar-refractivity contribution < 1.29 is 22.7 Å². The number of unbranched alkanes of at least 4 members (excludes halogenated alkanes) is 1. The molecule has 1 N–H and O–H groups in total. The molecule has 4 rings (SSSR count). The van der Waals surface area contributed by atoms with Crippen LogP contribution in [0.1, 0.15) is 44.1 Å². The summed E-state index contributed by atoms with van der Waals surface area (Å²) in [6.45, 7) is 0.469. The van der Waals surface area contributed by atoms with E-state index in [1.165, 1.54) is 12.7 Å². The van der Waals surface area contributed by atoms with Crippen molar-refractivity contribution in [3.63, 3.8) is 0 Å². The predicted octanol–water partition coefficient (Wildman–Crippen LogP) is 6.29. The first-order valence-corrected chi connectivity index (χ1v) is 15.0. The third-order valence-electron chi connectivity index (χ3n) is 7.20. The van der Waals surface area contributed by atoms with Gasteiger partial charge in [0.15, 0.2) is 0 Å². The van der Waals surface area contributed by atoms with Gasteiger partial charge in [-0.3, -0.25) is 4.79 Å². The molecule has 3 atom stereocenters. The minimum absolute atomic E-state index is 0.00364. The highest BCUT2D eigenvalue weighted by Crippen LogP contribution is 2.34. The van der Waals surface area contributed by atoms with Gasteiger partial charge >= 0.3 is 5.97 Å². The van der Waals surface area contributed by atoms with Crippen LogP contribution < -0.4 is 4.72 Å². The van der Waals surface area contributed by atoms with Crippen LogP contribution in [0.15, 0.2) is 102 Å². The molecule has 0 amide bonds. The average Bonchev–Trinajstić information content (AvgIpc) is 3.34. The fourth-order valence-corrected chi connectivity index (χ4v) is 6.37. The van der Waals surface area contributed by atoms with E-state index in [2.05, 4.69) is 53.3 Å². The van der Waals surface area contributed by atoms with E-state index in [9.17, 15) is 13.2 Å². The Morgan fingerprint density at radius 1 is 0.897 bits per heavy atom. The zero-order chi connectivity index (χ0) is 27.5. The second-order valence-electron chi connectivity index (χ2n) is 9.87. The quantitative estimate of drug-likeness (QED) is 0.155. The summed E-state index contributed by atoms with van der Waals surface area (Å²) in [5, 5.41) is 0. The summed E-state index contributed by atoms with van der Waals surface area (Å²) >= 11 is 0. The minimum Gasteiger partial charge on any atom is -0.469 e. The van der Waals surface area contributed by atoms with Gasteiger partial charge in [-0.05, 0) is 60.9 Å². The van der Waals surface area contributed by atoms with Crippen LogP contribution >= 0.6 is 0 Å². The molecule has 1 fully saturated rings. The van der Waals surface area contributed by atoms with E-state index in [4.69, 9.17) is 9.47 Å². The van der Waals surface area contributed by atoms with Crippen LogP contribution in [0.5, 0.6) is 0 Å². The molecule has 0 bridgehead atoms. The van der Waals surface area contributed by atoms with Crippen molar-refractivity contribution >= 4 is 16.0 Å². The molecule has 39 heavy (non-hydrogen) atoms. The lowest BCUT2D eigenvalue weighted by atomic mass is 9.97. The lowest BCUT2D eigenvalue weighted by Gasteiger charge is -2.25. The summed E-state index contributed by atoms with van der Waals surface area (Å²) in [7, 11) is -2.24. The van der Waals surface area contributed by atoms with E-state index in [-0.39, 0.29) is 28.9 Å². The van der Waals surface area contributed by atoms with Crippen LogP contribution in [0.3, 0.4) is 0 Å². The van der Waals surface area contributed by atoms with Gasteiger partial charge in [-0.2, -0.15) is 0 Å². The second-order valence-corrected chi connectivity index (χ2v) is 11.6. The highest BCUT2D eigenvalue weighted by molar-refractivity contribution is 7.89. The van der Waals surface area contributed by atoms with E-state index in [1.54, 1.807) is 30.3 Å². The highest BCUT2D eigenvalue weighted by atomic mass is 32.2. The number of rotatable bonds is 13. The topological polar surface area (TPSA) is 81.7 Å². The number of allylic oxidation sites excluding steroid dienone is 2. The fraction of sp³-hybridized carbons (Fsp3) is 0.344. The normalized spacial score (nSPS) is 19.4. The molecule has 206 valence electrons. The first kappa shape index (κ1) is 28.7. The average molecular weight is 548 g/mol. The smallest absolute Gasteiger partial charge is 0.305 e. The van der Waals surface area contributed by atoms with Crippen molar-refractivity contribution in [3.05, 3.63) is 103 Å². The number of ether oxygens (including phenoxy) is 2. The van der Waals surface area contributed by atoms with Gasteiger partial charge in [-0.25, -0.2) is 13.1 Å². The predicted molar refractivity (Wildman–Crippen MR) is 153 cm³/mol. The molecule has 0 aliphatic heterocycles. The Kier molecular flexibility index (Phi) is 10.5. The largest absolute Gasteiger partial charge is 0.469 e. The van der Waals surface area contributed by atoms with Crippen molar-refractivity contribution in [2.45, 2.75) is 62.2 Å². The summed E-state index contributed by atoms with van der Waals surface area (Å²) in [6, 6.07) is 26.9. The number of hydrogen-bond acceptors (Lipinski definition) is 5. The maximum atomic E-state index is 13.1. The number of benzene rings is 3. The number of hydrogen-bond donors (Lipinski definition) is 1. The lowest BCUT2D eigenvalue weighted by molar-refractivity contribution is -0.140. The molecular weight excluding hydrogens is 510 g/mol. The summed E-state index contributed by atoms with van der Waals surface area (Å²) in [5.74, 6) is -0.205. The molecule has 7 heteroatoms. The van der Waals surface area contributed by atoms with E-state index in [1.807, 2.05) is 18.2 Å². The number of carbonyl (C=O) groups excluding carboxylic acids is 1. The molecule has 0 saturated heterocycles. The molecular formula is C32H37NO5S. The highest BCUT2D eigenvalue weighted by Gasteiger charge is 2.38. The van der Waals surface area contributed by atoms with Crippen molar-refractivity contribution in [1.29, 1.82) is 0 Å². The first-order chi connectivity index (χ1) is 19.0. The van der Waals surface area contributed by atoms with Crippen LogP contribution in [-0.2, 0) is 30.9 Å². The Labute approximate surface area is 232 Å². The molecule has 1 aliphatic carbocycles. The first-order valence-electron chi connectivity index (χ1n) is 13.5. The molecule has 3 aromatic rings. The monoisotopic (exact) mass is 547 g/mol.